The van der Waals surface area contributed by atoms with Crippen LogP contribution in [0.25, 0.3) is 0 Å². The molecule has 132 valence electrons. The van der Waals surface area contributed by atoms with Crippen molar-refractivity contribution in [2.45, 2.75) is 51.9 Å². The average Bonchev–Trinajstić information content (AvgIpc) is 2.56. The zero-order valence-corrected chi connectivity index (χ0v) is 13.7. The van der Waals surface area contributed by atoms with Crippen molar-refractivity contribution in [2.24, 2.45) is 0 Å². The van der Waals surface area contributed by atoms with Crippen molar-refractivity contribution in [3.63, 3.8) is 0 Å². The molecule has 0 aliphatic carbocycles. The molecule has 0 amide bonds. The third kappa shape index (κ3) is 6.72. The molecule has 0 saturated carbocycles. The maximum Gasteiger partial charge on any atom is 0.338 e. The third-order valence-electron chi connectivity index (χ3n) is 3.54. The topological polar surface area (TPSA) is 113 Å². The highest BCUT2D eigenvalue weighted by Crippen LogP contribution is 2.23. The molecule has 1 aromatic carbocycles. The molecule has 24 heavy (non-hydrogen) atoms. The van der Waals surface area contributed by atoms with E-state index in [4.69, 9.17) is 4.74 Å². The Morgan fingerprint density at radius 1 is 0.917 bits per heavy atom. The van der Waals surface area contributed by atoms with Gasteiger partial charge in [0.25, 0.3) is 11.4 Å². The van der Waals surface area contributed by atoms with E-state index in [-0.39, 0.29) is 12.2 Å². The summed E-state index contributed by atoms with van der Waals surface area (Å²) in [6, 6.07) is 2.78. The van der Waals surface area contributed by atoms with E-state index in [1.807, 2.05) is 0 Å². The second-order valence-corrected chi connectivity index (χ2v) is 5.51. The van der Waals surface area contributed by atoms with E-state index in [9.17, 15) is 25.0 Å². The van der Waals surface area contributed by atoms with E-state index >= 15 is 0 Å². The molecule has 0 unspecified atom stereocenters. The Kier molecular flexibility index (Phi) is 8.38. The van der Waals surface area contributed by atoms with Crippen LogP contribution in [0.1, 0.15) is 62.2 Å². The number of nitrogens with zero attached hydrogens (tertiary/aromatic N) is 2. The van der Waals surface area contributed by atoms with E-state index in [0.29, 0.717) is 6.42 Å². The van der Waals surface area contributed by atoms with Gasteiger partial charge in [0.1, 0.15) is 0 Å². The zero-order chi connectivity index (χ0) is 17.9. The standard InChI is InChI=1S/C16H22N2O6/c1-2-3-4-5-6-7-8-9-24-16(19)13-10-14(17(20)21)12-15(11-13)18(22)23/h10-12H,2-9H2,1H3. The number of carbonyl (C=O) groups is 1. The molecule has 0 radical (unpaired) electrons. The summed E-state index contributed by atoms with van der Waals surface area (Å²) in [5, 5.41) is 21.6. The SMILES string of the molecule is CCCCCCCCCOC(=O)c1cc([N+](=O)[O-])cc([N+](=O)[O-])c1. The Bertz CT molecular complexity index is 556. The van der Waals surface area contributed by atoms with E-state index in [1.165, 1.54) is 19.3 Å². The number of carbonyl (C=O) groups excluding carboxylic acids is 1. The van der Waals surface area contributed by atoms with Crippen LogP contribution in [0.15, 0.2) is 18.2 Å². The quantitative estimate of drug-likeness (QED) is 0.255. The molecule has 0 saturated heterocycles. The van der Waals surface area contributed by atoms with Crippen LogP contribution in [0, 0.1) is 20.2 Å². The molecule has 0 aromatic heterocycles. The first-order valence-electron chi connectivity index (χ1n) is 8.06. The fourth-order valence-electron chi connectivity index (χ4n) is 2.23. The Morgan fingerprint density at radius 3 is 1.92 bits per heavy atom. The number of nitro benzene ring substituents is 2. The van der Waals surface area contributed by atoms with Gasteiger partial charge in [0.2, 0.25) is 0 Å². The predicted molar refractivity (Wildman–Crippen MR) is 88.0 cm³/mol. The number of ether oxygens (including phenoxy) is 1. The second-order valence-electron chi connectivity index (χ2n) is 5.51. The van der Waals surface area contributed by atoms with Crippen LogP contribution in [-0.4, -0.2) is 22.4 Å². The number of esters is 1. The zero-order valence-electron chi connectivity index (χ0n) is 13.7. The fourth-order valence-corrected chi connectivity index (χ4v) is 2.23. The lowest BCUT2D eigenvalue weighted by molar-refractivity contribution is -0.394. The Labute approximate surface area is 140 Å². The summed E-state index contributed by atoms with van der Waals surface area (Å²) in [4.78, 5) is 31.9. The lowest BCUT2D eigenvalue weighted by Gasteiger charge is -2.05. The number of nitro groups is 2. The molecule has 0 heterocycles. The van der Waals surface area contributed by atoms with Crippen molar-refractivity contribution < 1.29 is 19.4 Å². The van der Waals surface area contributed by atoms with Crippen LogP contribution in [0.5, 0.6) is 0 Å². The molecule has 1 aromatic rings. The summed E-state index contributed by atoms with van der Waals surface area (Å²) in [5.74, 6) is -0.784. The first-order chi connectivity index (χ1) is 11.5. The van der Waals surface area contributed by atoms with Crippen LogP contribution in [0.3, 0.4) is 0 Å². The Morgan fingerprint density at radius 2 is 1.42 bits per heavy atom. The number of benzene rings is 1. The average molecular weight is 338 g/mol. The number of hydrogen-bond acceptors (Lipinski definition) is 6. The smallest absolute Gasteiger partial charge is 0.338 e. The largest absolute Gasteiger partial charge is 0.462 e. The third-order valence-corrected chi connectivity index (χ3v) is 3.54. The van der Waals surface area contributed by atoms with Crippen molar-refractivity contribution in [1.29, 1.82) is 0 Å². The van der Waals surface area contributed by atoms with Crippen LogP contribution >= 0.6 is 0 Å². The minimum Gasteiger partial charge on any atom is -0.462 e. The molecular formula is C16H22N2O6. The van der Waals surface area contributed by atoms with Gasteiger partial charge < -0.3 is 4.74 Å². The van der Waals surface area contributed by atoms with E-state index in [1.54, 1.807) is 0 Å². The monoisotopic (exact) mass is 338 g/mol. The highest BCUT2D eigenvalue weighted by molar-refractivity contribution is 5.91. The highest BCUT2D eigenvalue weighted by Gasteiger charge is 2.20. The van der Waals surface area contributed by atoms with Crippen LogP contribution in [0.4, 0.5) is 11.4 Å². The van der Waals surface area contributed by atoms with Crippen molar-refractivity contribution in [3.8, 4) is 0 Å². The molecule has 0 N–H and O–H groups in total. The van der Waals surface area contributed by atoms with Gasteiger partial charge in [-0.25, -0.2) is 4.79 Å². The van der Waals surface area contributed by atoms with E-state index < -0.39 is 27.2 Å². The lowest BCUT2D eigenvalue weighted by atomic mass is 10.1. The molecule has 0 aliphatic rings. The summed E-state index contributed by atoms with van der Waals surface area (Å²) in [5.41, 5.74) is -1.20. The van der Waals surface area contributed by atoms with Gasteiger partial charge in [0, 0.05) is 12.1 Å². The molecule has 1 rings (SSSR count). The molecule has 0 atom stereocenters. The van der Waals surface area contributed by atoms with Crippen molar-refractivity contribution in [3.05, 3.63) is 44.0 Å². The number of unbranched alkanes of at least 4 members (excludes halogenated alkanes) is 6. The van der Waals surface area contributed by atoms with Crippen LogP contribution in [-0.2, 0) is 4.74 Å². The number of hydrogen-bond donors (Lipinski definition) is 0. The van der Waals surface area contributed by atoms with Gasteiger partial charge in [-0.3, -0.25) is 20.2 Å². The molecule has 0 aliphatic heterocycles. The summed E-state index contributed by atoms with van der Waals surface area (Å²) in [6.07, 6.45) is 7.47. The van der Waals surface area contributed by atoms with Crippen molar-refractivity contribution in [2.75, 3.05) is 6.61 Å². The van der Waals surface area contributed by atoms with Gasteiger partial charge in [-0.15, -0.1) is 0 Å². The second kappa shape index (κ2) is 10.3. The summed E-state index contributed by atoms with van der Waals surface area (Å²) in [6.45, 7) is 2.35. The number of rotatable bonds is 11. The van der Waals surface area contributed by atoms with E-state index in [0.717, 1.165) is 37.5 Å². The molecule has 8 nitrogen and oxygen atoms in total. The minimum atomic E-state index is -0.784. The first kappa shape index (κ1) is 19.5. The Balaban J connectivity index is 2.49. The predicted octanol–water partition coefficient (Wildman–Crippen LogP) is 4.41. The molecule has 0 spiro atoms. The fraction of sp³-hybridized carbons (Fsp3) is 0.562. The minimum absolute atomic E-state index is 0.182. The summed E-state index contributed by atoms with van der Waals surface area (Å²) < 4.78 is 5.04. The van der Waals surface area contributed by atoms with Gasteiger partial charge in [0.15, 0.2) is 0 Å². The van der Waals surface area contributed by atoms with Crippen molar-refractivity contribution in [1.82, 2.24) is 0 Å². The maximum atomic E-state index is 11.9. The van der Waals surface area contributed by atoms with Crippen LogP contribution < -0.4 is 0 Å². The normalized spacial score (nSPS) is 10.4. The lowest BCUT2D eigenvalue weighted by Crippen LogP contribution is -2.08. The molecule has 0 bridgehead atoms. The highest BCUT2D eigenvalue weighted by atomic mass is 16.6. The summed E-state index contributed by atoms with van der Waals surface area (Å²) >= 11 is 0. The summed E-state index contributed by atoms with van der Waals surface area (Å²) in [7, 11) is 0. The van der Waals surface area contributed by atoms with Crippen molar-refractivity contribution >= 4 is 17.3 Å². The first-order valence-corrected chi connectivity index (χ1v) is 8.06. The van der Waals surface area contributed by atoms with Gasteiger partial charge in [-0.05, 0) is 6.42 Å². The van der Waals surface area contributed by atoms with Gasteiger partial charge in [-0.2, -0.15) is 0 Å². The van der Waals surface area contributed by atoms with Gasteiger partial charge in [-0.1, -0.05) is 45.4 Å². The molecule has 0 fully saturated rings. The number of non-ortho nitro benzene ring substituents is 2. The van der Waals surface area contributed by atoms with Gasteiger partial charge >= 0.3 is 5.97 Å². The molecule has 8 heteroatoms. The maximum absolute atomic E-state index is 11.9. The van der Waals surface area contributed by atoms with E-state index in [2.05, 4.69) is 6.92 Å². The van der Waals surface area contributed by atoms with Crippen LogP contribution in [0.2, 0.25) is 0 Å². The molecular weight excluding hydrogens is 316 g/mol. The Hall–Kier alpha value is -2.51. The van der Waals surface area contributed by atoms with Gasteiger partial charge in [0.05, 0.1) is 28.1 Å².